The fourth-order valence-corrected chi connectivity index (χ4v) is 4.59. The van der Waals surface area contributed by atoms with E-state index < -0.39 is 9.84 Å². The standard InChI is InChI=1S/C28H24N2O4S/c1-19-3-9-23(10-4-19)29-17-21-7-13-25(15-27(21)31)35(33,34)26-14-8-22(28(32)16-26)18-30-24-11-5-20(2)6-12-24/h3-18,31-32H,1-2H3. The molecule has 0 bridgehead atoms. The number of sulfone groups is 1. The average Bonchev–Trinajstić information content (AvgIpc) is 2.84. The van der Waals surface area contributed by atoms with Crippen LogP contribution >= 0.6 is 0 Å². The summed E-state index contributed by atoms with van der Waals surface area (Å²) in [6.07, 6.45) is 2.95. The SMILES string of the molecule is Cc1ccc(N=Cc2ccc(S(=O)(=O)c3ccc(C=Nc4ccc(C)cc4)c(O)c3)cc2O)cc1. The van der Waals surface area contributed by atoms with Gasteiger partial charge in [0, 0.05) is 23.6 Å². The predicted molar refractivity (Wildman–Crippen MR) is 139 cm³/mol. The fourth-order valence-electron chi connectivity index (χ4n) is 3.29. The molecular weight excluding hydrogens is 460 g/mol. The largest absolute Gasteiger partial charge is 0.507 e. The highest BCUT2D eigenvalue weighted by molar-refractivity contribution is 7.91. The van der Waals surface area contributed by atoms with Crippen molar-refractivity contribution in [3.05, 3.63) is 107 Å². The van der Waals surface area contributed by atoms with Gasteiger partial charge in [0.15, 0.2) is 0 Å². The van der Waals surface area contributed by atoms with Crippen LogP contribution in [0.3, 0.4) is 0 Å². The smallest absolute Gasteiger partial charge is 0.206 e. The first-order chi connectivity index (χ1) is 16.7. The molecule has 176 valence electrons. The number of aromatic hydroxyl groups is 2. The first-order valence-electron chi connectivity index (χ1n) is 10.8. The van der Waals surface area contributed by atoms with Crippen molar-refractivity contribution >= 4 is 33.6 Å². The van der Waals surface area contributed by atoms with Gasteiger partial charge in [-0.15, -0.1) is 0 Å². The molecule has 4 rings (SSSR count). The minimum Gasteiger partial charge on any atom is -0.507 e. The van der Waals surface area contributed by atoms with Crippen LogP contribution in [0.4, 0.5) is 11.4 Å². The Labute approximate surface area is 204 Å². The molecule has 0 amide bonds. The highest BCUT2D eigenvalue weighted by Gasteiger charge is 2.20. The lowest BCUT2D eigenvalue weighted by molar-refractivity contribution is 0.472. The number of hydrogen-bond acceptors (Lipinski definition) is 6. The van der Waals surface area contributed by atoms with E-state index in [-0.39, 0.29) is 21.3 Å². The number of rotatable bonds is 6. The molecule has 0 atom stereocenters. The van der Waals surface area contributed by atoms with Crippen molar-refractivity contribution < 1.29 is 18.6 Å². The van der Waals surface area contributed by atoms with Crippen molar-refractivity contribution in [3.8, 4) is 11.5 Å². The van der Waals surface area contributed by atoms with Crippen LogP contribution in [-0.4, -0.2) is 31.1 Å². The molecule has 6 nitrogen and oxygen atoms in total. The molecule has 0 saturated carbocycles. The first kappa shape index (κ1) is 23.9. The molecule has 7 heteroatoms. The Morgan fingerprint density at radius 1 is 0.600 bits per heavy atom. The molecule has 0 unspecified atom stereocenters. The zero-order valence-electron chi connectivity index (χ0n) is 19.3. The normalized spacial score (nSPS) is 11.9. The molecule has 2 N–H and O–H groups in total. The molecule has 0 fully saturated rings. The monoisotopic (exact) mass is 484 g/mol. The number of hydrogen-bond donors (Lipinski definition) is 2. The van der Waals surface area contributed by atoms with Crippen LogP contribution in [0.5, 0.6) is 11.5 Å². The molecule has 0 heterocycles. The predicted octanol–water partition coefficient (Wildman–Crippen LogP) is 6.05. The topological polar surface area (TPSA) is 99.3 Å². The van der Waals surface area contributed by atoms with Crippen LogP contribution in [0, 0.1) is 13.8 Å². The maximum Gasteiger partial charge on any atom is 0.206 e. The summed E-state index contributed by atoms with van der Waals surface area (Å²) in [7, 11) is -3.97. The van der Waals surface area contributed by atoms with Crippen molar-refractivity contribution in [3.63, 3.8) is 0 Å². The molecule has 0 aliphatic carbocycles. The summed E-state index contributed by atoms with van der Waals surface area (Å²) in [6, 6.07) is 23.2. The highest BCUT2D eigenvalue weighted by atomic mass is 32.2. The summed E-state index contributed by atoms with van der Waals surface area (Å²) >= 11 is 0. The molecule has 0 aliphatic heterocycles. The molecule has 0 radical (unpaired) electrons. The third-order valence-corrected chi connectivity index (χ3v) is 7.15. The van der Waals surface area contributed by atoms with Crippen molar-refractivity contribution in [2.45, 2.75) is 23.6 Å². The zero-order chi connectivity index (χ0) is 25.0. The maximum atomic E-state index is 13.1. The second kappa shape index (κ2) is 9.95. The lowest BCUT2D eigenvalue weighted by atomic mass is 10.2. The van der Waals surface area contributed by atoms with Gasteiger partial charge in [-0.3, -0.25) is 9.98 Å². The number of nitrogens with zero attached hydrogens (tertiary/aromatic N) is 2. The molecular formula is C28H24N2O4S. The van der Waals surface area contributed by atoms with Gasteiger partial charge in [-0.05, 0) is 74.5 Å². The Bertz CT molecular complexity index is 1410. The van der Waals surface area contributed by atoms with Gasteiger partial charge in [-0.25, -0.2) is 8.42 Å². The molecule has 0 aromatic heterocycles. The van der Waals surface area contributed by atoms with Crippen molar-refractivity contribution in [2.75, 3.05) is 0 Å². The lowest BCUT2D eigenvalue weighted by Crippen LogP contribution is -2.03. The van der Waals surface area contributed by atoms with E-state index in [1.807, 2.05) is 62.4 Å². The summed E-state index contributed by atoms with van der Waals surface area (Å²) in [5, 5.41) is 20.8. The summed E-state index contributed by atoms with van der Waals surface area (Å²) in [5.74, 6) is -0.430. The Morgan fingerprint density at radius 3 is 1.31 bits per heavy atom. The van der Waals surface area contributed by atoms with Crippen molar-refractivity contribution in [1.82, 2.24) is 0 Å². The van der Waals surface area contributed by atoms with E-state index >= 15 is 0 Å². The van der Waals surface area contributed by atoms with Crippen LogP contribution in [0.1, 0.15) is 22.3 Å². The van der Waals surface area contributed by atoms with Crippen LogP contribution in [0.2, 0.25) is 0 Å². The van der Waals surface area contributed by atoms with E-state index in [2.05, 4.69) is 9.98 Å². The second-order valence-corrected chi connectivity index (χ2v) is 10.1. The minimum absolute atomic E-state index is 0.0945. The summed E-state index contributed by atoms with van der Waals surface area (Å²) in [4.78, 5) is 8.44. The molecule has 4 aromatic rings. The quantitative estimate of drug-likeness (QED) is 0.326. The van der Waals surface area contributed by atoms with Gasteiger partial charge in [-0.2, -0.15) is 0 Å². The average molecular weight is 485 g/mol. The molecule has 0 aliphatic rings. The highest BCUT2D eigenvalue weighted by Crippen LogP contribution is 2.29. The van der Waals surface area contributed by atoms with Crippen LogP contribution in [-0.2, 0) is 9.84 Å². The van der Waals surface area contributed by atoms with E-state index in [0.29, 0.717) is 22.5 Å². The van der Waals surface area contributed by atoms with E-state index in [9.17, 15) is 18.6 Å². The number of benzene rings is 4. The van der Waals surface area contributed by atoms with E-state index in [4.69, 9.17) is 0 Å². The van der Waals surface area contributed by atoms with Gasteiger partial charge in [-0.1, -0.05) is 35.4 Å². The Hall–Kier alpha value is -4.23. The van der Waals surface area contributed by atoms with E-state index in [1.165, 1.54) is 48.8 Å². The Morgan fingerprint density at radius 2 is 0.971 bits per heavy atom. The van der Waals surface area contributed by atoms with Crippen LogP contribution in [0.25, 0.3) is 0 Å². The third kappa shape index (κ3) is 5.65. The Kier molecular flexibility index (Phi) is 6.80. The van der Waals surface area contributed by atoms with Gasteiger partial charge in [0.2, 0.25) is 9.84 Å². The summed E-state index contributed by atoms with van der Waals surface area (Å²) in [6.45, 7) is 3.95. The molecule has 35 heavy (non-hydrogen) atoms. The van der Waals surface area contributed by atoms with E-state index in [0.717, 1.165) is 11.1 Å². The van der Waals surface area contributed by atoms with Crippen LogP contribution < -0.4 is 0 Å². The minimum atomic E-state index is -3.97. The third-order valence-electron chi connectivity index (χ3n) is 5.40. The Balaban J connectivity index is 1.55. The van der Waals surface area contributed by atoms with Gasteiger partial charge in [0.05, 0.1) is 21.2 Å². The van der Waals surface area contributed by atoms with Crippen molar-refractivity contribution in [1.29, 1.82) is 0 Å². The summed E-state index contributed by atoms with van der Waals surface area (Å²) in [5.41, 5.74) is 4.42. The number of aliphatic imine (C=N–C) groups is 2. The zero-order valence-corrected chi connectivity index (χ0v) is 20.1. The maximum absolute atomic E-state index is 13.1. The number of aryl methyl sites for hydroxylation is 2. The first-order valence-corrected chi connectivity index (χ1v) is 12.3. The van der Waals surface area contributed by atoms with Crippen molar-refractivity contribution in [2.24, 2.45) is 9.98 Å². The fraction of sp³-hybridized carbons (Fsp3) is 0.0714. The molecule has 4 aromatic carbocycles. The molecule has 0 spiro atoms. The summed E-state index contributed by atoms with van der Waals surface area (Å²) < 4.78 is 26.2. The van der Waals surface area contributed by atoms with Gasteiger partial charge in [0.25, 0.3) is 0 Å². The van der Waals surface area contributed by atoms with Crippen LogP contribution in [0.15, 0.2) is 105 Å². The van der Waals surface area contributed by atoms with Gasteiger partial charge < -0.3 is 10.2 Å². The van der Waals surface area contributed by atoms with Gasteiger partial charge in [0.1, 0.15) is 11.5 Å². The number of phenols is 2. The van der Waals surface area contributed by atoms with E-state index in [1.54, 1.807) is 0 Å². The second-order valence-electron chi connectivity index (χ2n) is 8.13. The lowest BCUT2D eigenvalue weighted by Gasteiger charge is -2.08. The van der Waals surface area contributed by atoms with Gasteiger partial charge >= 0.3 is 0 Å². The molecule has 0 saturated heterocycles. The number of phenolic OH excluding ortho intramolecular Hbond substituents is 2.